The van der Waals surface area contributed by atoms with Gasteiger partial charge in [0.15, 0.2) is 0 Å². The molecule has 0 aliphatic carbocycles. The Hall–Kier alpha value is -2.26. The van der Waals surface area contributed by atoms with Gasteiger partial charge in [-0.1, -0.05) is 0 Å². The number of hydrogen-bond acceptors (Lipinski definition) is 8. The summed E-state index contributed by atoms with van der Waals surface area (Å²) >= 11 is 1.36. The second-order valence-corrected chi connectivity index (χ2v) is 9.81. The molecule has 2 atom stereocenters. The van der Waals surface area contributed by atoms with Crippen molar-refractivity contribution in [1.82, 2.24) is 14.9 Å². The predicted octanol–water partition coefficient (Wildman–Crippen LogP) is 3.34. The monoisotopic (exact) mass is 460 g/mol. The molecule has 1 amide bonds. The highest BCUT2D eigenvalue weighted by Crippen LogP contribution is 2.37. The topological polar surface area (TPSA) is 84.9 Å². The maximum Gasteiger partial charge on any atom is 0.348 e. The van der Waals surface area contributed by atoms with Crippen LogP contribution in [0.15, 0.2) is 0 Å². The zero-order valence-corrected chi connectivity index (χ0v) is 20.3. The summed E-state index contributed by atoms with van der Waals surface area (Å²) in [7, 11) is 0. The first-order valence-corrected chi connectivity index (χ1v) is 12.2. The largest absolute Gasteiger partial charge is 0.462 e. The smallest absolute Gasteiger partial charge is 0.348 e. The van der Waals surface area contributed by atoms with E-state index in [0.29, 0.717) is 30.4 Å². The minimum atomic E-state index is -0.310. The molecule has 4 rings (SSSR count). The molecule has 2 fully saturated rings. The number of esters is 1. The third-order valence-corrected chi connectivity index (χ3v) is 7.38. The molecule has 0 aromatic carbocycles. The number of anilines is 1. The van der Waals surface area contributed by atoms with Crippen LogP contribution in [0.2, 0.25) is 0 Å². The second kappa shape index (κ2) is 9.31. The number of fused-ring (bicyclic) bond motifs is 1. The fourth-order valence-electron chi connectivity index (χ4n) is 4.80. The number of amides is 1. The average Bonchev–Trinajstić information content (AvgIpc) is 3.08. The van der Waals surface area contributed by atoms with Gasteiger partial charge in [0.05, 0.1) is 24.2 Å². The van der Waals surface area contributed by atoms with Crippen molar-refractivity contribution < 1.29 is 19.1 Å². The summed E-state index contributed by atoms with van der Waals surface area (Å²) in [5, 5.41) is 0.921. The molecule has 2 aromatic heterocycles. The van der Waals surface area contributed by atoms with Gasteiger partial charge >= 0.3 is 5.97 Å². The molecule has 2 aliphatic heterocycles. The van der Waals surface area contributed by atoms with E-state index in [9.17, 15) is 9.59 Å². The molecule has 0 bridgehead atoms. The van der Waals surface area contributed by atoms with Gasteiger partial charge < -0.3 is 19.3 Å². The molecule has 0 spiro atoms. The lowest BCUT2D eigenvalue weighted by Crippen LogP contribution is -2.51. The lowest BCUT2D eigenvalue weighted by atomic mass is 9.94. The number of piperidine rings is 1. The molecule has 2 saturated heterocycles. The van der Waals surface area contributed by atoms with Gasteiger partial charge in [0.2, 0.25) is 5.91 Å². The standard InChI is InChI=1S/C23H32N4O4S/c1-6-30-23(29)19-15(4)18-20(24-16(5)25-21(18)32-19)26-9-7-17(8-10-26)22(28)27-11-13(2)31-14(3)12-27/h13-14,17H,6-12H2,1-5H3/t13-,14-/m1/s1. The van der Waals surface area contributed by atoms with E-state index in [1.807, 2.05) is 32.6 Å². The van der Waals surface area contributed by atoms with Crippen LogP contribution in [0, 0.1) is 19.8 Å². The Balaban J connectivity index is 1.52. The van der Waals surface area contributed by atoms with E-state index in [-0.39, 0.29) is 30.0 Å². The molecule has 0 unspecified atom stereocenters. The van der Waals surface area contributed by atoms with Crippen LogP contribution in [0.1, 0.15) is 54.7 Å². The summed E-state index contributed by atoms with van der Waals surface area (Å²) < 4.78 is 11.0. The number of carbonyl (C=O) groups is 2. The number of ether oxygens (including phenoxy) is 2. The molecule has 9 heteroatoms. The van der Waals surface area contributed by atoms with Gasteiger partial charge in [-0.05, 0) is 53.0 Å². The van der Waals surface area contributed by atoms with Crippen molar-refractivity contribution in [2.24, 2.45) is 5.92 Å². The molecule has 0 radical (unpaired) electrons. The number of hydrogen-bond donors (Lipinski definition) is 0. The number of thiophene rings is 1. The highest BCUT2D eigenvalue weighted by atomic mass is 32.1. The molecular weight excluding hydrogens is 428 g/mol. The Bertz CT molecular complexity index is 1010. The highest BCUT2D eigenvalue weighted by Gasteiger charge is 2.34. The van der Waals surface area contributed by atoms with Crippen LogP contribution in [0.25, 0.3) is 10.2 Å². The minimum Gasteiger partial charge on any atom is -0.462 e. The van der Waals surface area contributed by atoms with Gasteiger partial charge in [0.25, 0.3) is 0 Å². The van der Waals surface area contributed by atoms with E-state index < -0.39 is 0 Å². The average molecular weight is 461 g/mol. The number of aryl methyl sites for hydroxylation is 2. The van der Waals surface area contributed by atoms with Crippen molar-refractivity contribution in [1.29, 1.82) is 0 Å². The van der Waals surface area contributed by atoms with Crippen LogP contribution in [-0.2, 0) is 14.3 Å². The molecule has 0 N–H and O–H groups in total. The predicted molar refractivity (Wildman–Crippen MR) is 124 cm³/mol. The normalized spacial score (nSPS) is 22.4. The summed E-state index contributed by atoms with van der Waals surface area (Å²) in [6, 6.07) is 0. The Morgan fingerprint density at radius 1 is 1.12 bits per heavy atom. The fraction of sp³-hybridized carbons (Fsp3) is 0.652. The molecule has 2 aromatic rings. The minimum absolute atomic E-state index is 0.0286. The molecular formula is C23H32N4O4S. The lowest BCUT2D eigenvalue weighted by Gasteiger charge is -2.39. The molecule has 8 nitrogen and oxygen atoms in total. The maximum atomic E-state index is 13.1. The van der Waals surface area contributed by atoms with E-state index in [1.165, 1.54) is 11.3 Å². The fourth-order valence-corrected chi connectivity index (χ4v) is 5.91. The molecule has 4 heterocycles. The van der Waals surface area contributed by atoms with Gasteiger partial charge in [-0.2, -0.15) is 0 Å². The van der Waals surface area contributed by atoms with Crippen LogP contribution >= 0.6 is 11.3 Å². The van der Waals surface area contributed by atoms with Crippen molar-refractivity contribution in [3.63, 3.8) is 0 Å². The Morgan fingerprint density at radius 2 is 1.78 bits per heavy atom. The van der Waals surface area contributed by atoms with Gasteiger partial charge in [0, 0.05) is 32.1 Å². The van der Waals surface area contributed by atoms with Gasteiger partial charge in [-0.25, -0.2) is 14.8 Å². The van der Waals surface area contributed by atoms with Crippen molar-refractivity contribution in [2.75, 3.05) is 37.7 Å². The van der Waals surface area contributed by atoms with Crippen LogP contribution in [0.3, 0.4) is 0 Å². The van der Waals surface area contributed by atoms with Crippen molar-refractivity contribution >= 4 is 39.2 Å². The van der Waals surface area contributed by atoms with E-state index in [0.717, 1.165) is 47.5 Å². The molecule has 174 valence electrons. The Labute approximate surface area is 192 Å². The third-order valence-electron chi connectivity index (χ3n) is 6.22. The SMILES string of the molecule is CCOC(=O)c1sc2nc(C)nc(N3CCC(C(=O)N4C[C@@H](C)O[C@H](C)C4)CC3)c2c1C. The Morgan fingerprint density at radius 3 is 2.41 bits per heavy atom. The van der Waals surface area contributed by atoms with E-state index in [2.05, 4.69) is 9.88 Å². The van der Waals surface area contributed by atoms with Gasteiger partial charge in [0.1, 0.15) is 21.3 Å². The summed E-state index contributed by atoms with van der Waals surface area (Å²) in [6.45, 7) is 12.8. The first kappa shape index (κ1) is 22.9. The maximum absolute atomic E-state index is 13.1. The van der Waals surface area contributed by atoms with E-state index in [4.69, 9.17) is 14.5 Å². The summed E-state index contributed by atoms with van der Waals surface area (Å²) in [6.07, 6.45) is 1.74. The third kappa shape index (κ3) is 4.45. The lowest BCUT2D eigenvalue weighted by molar-refractivity contribution is -0.148. The van der Waals surface area contributed by atoms with Crippen molar-refractivity contribution in [3.05, 3.63) is 16.3 Å². The number of nitrogens with zero attached hydrogens (tertiary/aromatic N) is 4. The van der Waals surface area contributed by atoms with Crippen LogP contribution < -0.4 is 4.90 Å². The number of aromatic nitrogens is 2. The van der Waals surface area contributed by atoms with E-state index >= 15 is 0 Å². The van der Waals surface area contributed by atoms with Crippen LogP contribution in [0.5, 0.6) is 0 Å². The van der Waals surface area contributed by atoms with Gasteiger partial charge in [-0.3, -0.25) is 4.79 Å². The summed E-state index contributed by atoms with van der Waals surface area (Å²) in [4.78, 5) is 40.4. The number of morpholine rings is 1. The molecule has 2 aliphatic rings. The molecule has 32 heavy (non-hydrogen) atoms. The first-order chi connectivity index (χ1) is 15.3. The van der Waals surface area contributed by atoms with E-state index in [1.54, 1.807) is 6.92 Å². The summed E-state index contributed by atoms with van der Waals surface area (Å²) in [5.41, 5.74) is 0.868. The zero-order valence-electron chi connectivity index (χ0n) is 19.5. The first-order valence-electron chi connectivity index (χ1n) is 11.4. The van der Waals surface area contributed by atoms with Crippen molar-refractivity contribution in [2.45, 2.75) is 59.7 Å². The Kier molecular flexibility index (Phi) is 6.67. The number of carbonyl (C=O) groups excluding carboxylic acids is 2. The quantitative estimate of drug-likeness (QED) is 0.647. The summed E-state index contributed by atoms with van der Waals surface area (Å²) in [5.74, 6) is 1.50. The number of rotatable bonds is 4. The second-order valence-electron chi connectivity index (χ2n) is 8.81. The van der Waals surface area contributed by atoms with Gasteiger partial charge in [-0.15, -0.1) is 11.3 Å². The molecule has 0 saturated carbocycles. The van der Waals surface area contributed by atoms with Crippen LogP contribution in [-0.4, -0.2) is 71.7 Å². The van der Waals surface area contributed by atoms with Crippen molar-refractivity contribution in [3.8, 4) is 0 Å². The highest BCUT2D eigenvalue weighted by molar-refractivity contribution is 7.20. The zero-order chi connectivity index (χ0) is 23.0. The van der Waals surface area contributed by atoms with Crippen LogP contribution in [0.4, 0.5) is 5.82 Å².